The van der Waals surface area contributed by atoms with Crippen LogP contribution in [0.25, 0.3) is 11.0 Å². The SMILES string of the molecule is N#C[C@H](C(=O)c1ccn(Cc2ccccc2)c1)c1nc2ccccc2[nH]1. The fourth-order valence-corrected chi connectivity index (χ4v) is 3.00. The third kappa shape index (κ3) is 3.01. The van der Waals surface area contributed by atoms with Crippen molar-refractivity contribution in [1.29, 1.82) is 5.26 Å². The molecule has 1 atom stereocenters. The van der Waals surface area contributed by atoms with Crippen LogP contribution in [0.2, 0.25) is 0 Å². The number of nitrogens with one attached hydrogen (secondary N) is 1. The Morgan fingerprint density at radius 3 is 2.65 bits per heavy atom. The van der Waals surface area contributed by atoms with Crippen molar-refractivity contribution in [2.45, 2.75) is 12.5 Å². The molecule has 0 unspecified atom stereocenters. The lowest BCUT2D eigenvalue weighted by Crippen LogP contribution is -2.12. The molecule has 26 heavy (non-hydrogen) atoms. The Morgan fingerprint density at radius 1 is 1.12 bits per heavy atom. The Labute approximate surface area is 150 Å². The van der Waals surface area contributed by atoms with Crippen molar-refractivity contribution in [3.63, 3.8) is 0 Å². The molecule has 2 heterocycles. The van der Waals surface area contributed by atoms with Gasteiger partial charge in [-0.25, -0.2) is 4.98 Å². The van der Waals surface area contributed by atoms with Gasteiger partial charge in [0.15, 0.2) is 11.7 Å². The Morgan fingerprint density at radius 2 is 1.88 bits per heavy atom. The summed E-state index contributed by atoms with van der Waals surface area (Å²) in [5.74, 6) is -0.817. The van der Waals surface area contributed by atoms with E-state index in [0.717, 1.165) is 16.6 Å². The molecule has 0 amide bonds. The molecule has 2 aromatic heterocycles. The summed E-state index contributed by atoms with van der Waals surface area (Å²) < 4.78 is 1.94. The van der Waals surface area contributed by atoms with E-state index in [1.165, 1.54) is 0 Å². The van der Waals surface area contributed by atoms with Gasteiger partial charge in [-0.05, 0) is 23.8 Å². The summed E-state index contributed by atoms with van der Waals surface area (Å²) in [4.78, 5) is 20.3. The normalized spacial score (nSPS) is 12.0. The largest absolute Gasteiger partial charge is 0.349 e. The van der Waals surface area contributed by atoms with Crippen LogP contribution in [0.3, 0.4) is 0 Å². The highest BCUT2D eigenvalue weighted by Gasteiger charge is 2.25. The third-order valence-electron chi connectivity index (χ3n) is 4.32. The fourth-order valence-electron chi connectivity index (χ4n) is 3.00. The fraction of sp³-hybridized carbons (Fsp3) is 0.0952. The van der Waals surface area contributed by atoms with Crippen LogP contribution < -0.4 is 0 Å². The van der Waals surface area contributed by atoms with Crippen LogP contribution in [0, 0.1) is 11.3 Å². The van der Waals surface area contributed by atoms with Crippen LogP contribution >= 0.6 is 0 Å². The standard InChI is InChI=1S/C21H16N4O/c22-12-17(21-23-18-8-4-5-9-19(18)24-21)20(26)16-10-11-25(14-16)13-15-6-2-1-3-7-15/h1-11,14,17H,13H2,(H,23,24)/t17-/m1/s1. The van der Waals surface area contributed by atoms with Gasteiger partial charge in [-0.15, -0.1) is 0 Å². The summed E-state index contributed by atoms with van der Waals surface area (Å²) in [7, 11) is 0. The molecular weight excluding hydrogens is 324 g/mol. The van der Waals surface area contributed by atoms with E-state index >= 15 is 0 Å². The van der Waals surface area contributed by atoms with Crippen molar-refractivity contribution >= 4 is 16.8 Å². The molecule has 0 saturated carbocycles. The molecule has 4 rings (SSSR count). The van der Waals surface area contributed by atoms with Gasteiger partial charge in [-0.2, -0.15) is 5.26 Å². The van der Waals surface area contributed by atoms with Crippen molar-refractivity contribution in [3.8, 4) is 6.07 Å². The molecule has 0 fully saturated rings. The number of imidazole rings is 1. The second kappa shape index (κ2) is 6.69. The van der Waals surface area contributed by atoms with Gasteiger partial charge in [0.2, 0.25) is 0 Å². The predicted octanol–water partition coefficient (Wildman–Crippen LogP) is 3.90. The van der Waals surface area contributed by atoms with E-state index in [-0.39, 0.29) is 5.78 Å². The number of carbonyl (C=O) groups is 1. The van der Waals surface area contributed by atoms with Crippen molar-refractivity contribution in [2.75, 3.05) is 0 Å². The number of para-hydroxylation sites is 2. The minimum atomic E-state index is -0.949. The first kappa shape index (κ1) is 15.9. The average Bonchev–Trinajstić information content (AvgIpc) is 3.30. The topological polar surface area (TPSA) is 74.5 Å². The van der Waals surface area contributed by atoms with E-state index in [9.17, 15) is 10.1 Å². The van der Waals surface area contributed by atoms with Crippen LogP contribution in [0.15, 0.2) is 73.1 Å². The maximum Gasteiger partial charge on any atom is 0.189 e. The Balaban J connectivity index is 1.58. The van der Waals surface area contributed by atoms with E-state index in [2.05, 4.69) is 16.0 Å². The Hall–Kier alpha value is -3.65. The minimum absolute atomic E-state index is 0.252. The monoisotopic (exact) mass is 340 g/mol. The molecule has 1 N–H and O–H groups in total. The van der Waals surface area contributed by atoms with E-state index in [4.69, 9.17) is 0 Å². The summed E-state index contributed by atoms with van der Waals surface area (Å²) in [6, 6.07) is 21.3. The molecule has 0 bridgehead atoms. The number of nitrogens with zero attached hydrogens (tertiary/aromatic N) is 3. The number of aromatic nitrogens is 3. The summed E-state index contributed by atoms with van der Waals surface area (Å²) in [6.07, 6.45) is 3.63. The molecule has 5 nitrogen and oxygen atoms in total. The first-order valence-corrected chi connectivity index (χ1v) is 8.33. The predicted molar refractivity (Wildman–Crippen MR) is 98.8 cm³/mol. The highest BCUT2D eigenvalue weighted by atomic mass is 16.1. The maximum absolute atomic E-state index is 12.8. The van der Waals surface area contributed by atoms with Crippen LogP contribution in [0.1, 0.15) is 27.7 Å². The molecule has 0 aliphatic heterocycles. The molecule has 0 saturated heterocycles. The zero-order chi connectivity index (χ0) is 17.9. The van der Waals surface area contributed by atoms with Crippen LogP contribution in [0.4, 0.5) is 0 Å². The number of H-pyrrole nitrogens is 1. The number of ketones is 1. The van der Waals surface area contributed by atoms with E-state index in [1.807, 2.05) is 65.4 Å². The first-order chi connectivity index (χ1) is 12.7. The summed E-state index contributed by atoms with van der Waals surface area (Å²) in [5, 5.41) is 9.54. The number of aromatic amines is 1. The zero-order valence-corrected chi connectivity index (χ0v) is 14.0. The van der Waals surface area contributed by atoms with Gasteiger partial charge >= 0.3 is 0 Å². The number of nitriles is 1. The second-order valence-electron chi connectivity index (χ2n) is 6.12. The number of hydrogen-bond acceptors (Lipinski definition) is 3. The Kier molecular flexibility index (Phi) is 4.08. The van der Waals surface area contributed by atoms with E-state index in [0.29, 0.717) is 17.9 Å². The van der Waals surface area contributed by atoms with E-state index < -0.39 is 5.92 Å². The number of rotatable bonds is 5. The Bertz CT molecular complexity index is 1070. The zero-order valence-electron chi connectivity index (χ0n) is 14.0. The van der Waals surface area contributed by atoms with Crippen molar-refractivity contribution in [1.82, 2.24) is 14.5 Å². The number of hydrogen-bond donors (Lipinski definition) is 1. The highest BCUT2D eigenvalue weighted by Crippen LogP contribution is 2.21. The van der Waals surface area contributed by atoms with Crippen LogP contribution in [0.5, 0.6) is 0 Å². The number of benzene rings is 2. The lowest BCUT2D eigenvalue weighted by molar-refractivity contribution is 0.0976. The number of fused-ring (bicyclic) bond motifs is 1. The molecule has 0 radical (unpaired) electrons. The quantitative estimate of drug-likeness (QED) is 0.560. The van der Waals surface area contributed by atoms with Crippen LogP contribution in [-0.2, 0) is 6.54 Å². The van der Waals surface area contributed by atoms with Crippen LogP contribution in [-0.4, -0.2) is 20.3 Å². The first-order valence-electron chi connectivity index (χ1n) is 8.33. The maximum atomic E-state index is 12.8. The van der Waals surface area contributed by atoms with Gasteiger partial charge in [0.05, 0.1) is 17.1 Å². The number of carbonyl (C=O) groups excluding carboxylic acids is 1. The molecule has 2 aromatic carbocycles. The molecule has 0 aliphatic rings. The molecule has 0 aliphatic carbocycles. The molecule has 0 spiro atoms. The van der Waals surface area contributed by atoms with Gasteiger partial charge in [-0.3, -0.25) is 4.79 Å². The van der Waals surface area contributed by atoms with Crippen molar-refractivity contribution < 1.29 is 4.79 Å². The van der Waals surface area contributed by atoms with Gasteiger partial charge in [-0.1, -0.05) is 42.5 Å². The minimum Gasteiger partial charge on any atom is -0.349 e. The van der Waals surface area contributed by atoms with E-state index in [1.54, 1.807) is 12.3 Å². The second-order valence-corrected chi connectivity index (χ2v) is 6.12. The highest BCUT2D eigenvalue weighted by molar-refractivity contribution is 6.02. The van der Waals surface area contributed by atoms with Crippen molar-refractivity contribution in [2.24, 2.45) is 0 Å². The summed E-state index contributed by atoms with van der Waals surface area (Å²) >= 11 is 0. The van der Waals surface area contributed by atoms with Gasteiger partial charge < -0.3 is 9.55 Å². The van der Waals surface area contributed by atoms with Gasteiger partial charge in [0.1, 0.15) is 5.82 Å². The third-order valence-corrected chi connectivity index (χ3v) is 4.32. The molecular formula is C21H16N4O. The summed E-state index contributed by atoms with van der Waals surface area (Å²) in [5.41, 5.74) is 3.22. The van der Waals surface area contributed by atoms with Crippen molar-refractivity contribution in [3.05, 3.63) is 90.0 Å². The average molecular weight is 340 g/mol. The summed E-state index contributed by atoms with van der Waals surface area (Å²) in [6.45, 7) is 0.677. The molecule has 5 heteroatoms. The smallest absolute Gasteiger partial charge is 0.189 e. The van der Waals surface area contributed by atoms with Gasteiger partial charge in [0.25, 0.3) is 0 Å². The lowest BCUT2D eigenvalue weighted by atomic mass is 10.0. The molecule has 126 valence electrons. The van der Waals surface area contributed by atoms with Gasteiger partial charge in [0, 0.05) is 24.5 Å². The number of Topliss-reactive ketones (excluding diaryl/α,β-unsaturated/α-hetero) is 1. The lowest BCUT2D eigenvalue weighted by Gasteiger charge is -2.04. The molecule has 4 aromatic rings.